The van der Waals surface area contributed by atoms with E-state index in [-0.39, 0.29) is 12.4 Å². The molecule has 0 aliphatic carbocycles. The predicted molar refractivity (Wildman–Crippen MR) is 88.7 cm³/mol. The molecule has 118 valence electrons. The molecule has 0 spiro atoms. The average Bonchev–Trinajstić information content (AvgIpc) is 2.92. The number of carbonyl (C=O) groups is 1. The Balaban J connectivity index is 2.15. The lowest BCUT2D eigenvalue weighted by atomic mass is 9.88. The number of thiazole rings is 1. The molecule has 0 saturated carbocycles. The fourth-order valence-electron chi connectivity index (χ4n) is 2.33. The smallest absolute Gasteiger partial charge is 0.307 e. The highest BCUT2D eigenvalue weighted by Gasteiger charge is 2.30. The number of nitrogens with zero attached hydrogens (tertiary/aromatic N) is 1. The predicted octanol–water partition coefficient (Wildman–Crippen LogP) is 3.41. The number of hydrogen-bond donors (Lipinski definition) is 1. The standard InChI is InChI=1S/C17H22N2O2S/c1-4-21-16(20)10-17(3,14-8-6-5-7-9-14)18-11-15-19-13(2)12-22-15/h5-9,12,18H,4,10-11H2,1-3H3. The highest BCUT2D eigenvalue weighted by molar-refractivity contribution is 7.09. The first-order valence-electron chi connectivity index (χ1n) is 7.40. The molecule has 2 aromatic rings. The Hall–Kier alpha value is -1.72. The second-order valence-electron chi connectivity index (χ2n) is 5.42. The van der Waals surface area contributed by atoms with Crippen molar-refractivity contribution in [3.8, 4) is 0 Å². The summed E-state index contributed by atoms with van der Waals surface area (Å²) in [7, 11) is 0. The summed E-state index contributed by atoms with van der Waals surface area (Å²) in [6, 6.07) is 9.99. The van der Waals surface area contributed by atoms with Crippen LogP contribution in [0.15, 0.2) is 35.7 Å². The summed E-state index contributed by atoms with van der Waals surface area (Å²) in [4.78, 5) is 16.4. The third-order valence-electron chi connectivity index (χ3n) is 3.51. The molecular weight excluding hydrogens is 296 g/mol. The maximum absolute atomic E-state index is 12.0. The van der Waals surface area contributed by atoms with Crippen molar-refractivity contribution in [3.63, 3.8) is 0 Å². The Labute approximate surface area is 135 Å². The van der Waals surface area contributed by atoms with Crippen LogP contribution in [0.1, 0.15) is 36.5 Å². The normalized spacial score (nSPS) is 13.6. The van der Waals surface area contributed by atoms with Crippen LogP contribution in [-0.4, -0.2) is 17.6 Å². The third-order valence-corrected chi connectivity index (χ3v) is 4.48. The number of aromatic nitrogens is 1. The number of rotatable bonds is 7. The van der Waals surface area contributed by atoms with E-state index in [0.717, 1.165) is 16.3 Å². The molecular formula is C17H22N2O2S. The second kappa shape index (κ2) is 7.51. The SMILES string of the molecule is CCOC(=O)CC(C)(NCc1nc(C)cs1)c1ccccc1. The molecule has 1 N–H and O–H groups in total. The van der Waals surface area contributed by atoms with Gasteiger partial charge in [-0.05, 0) is 26.3 Å². The second-order valence-corrected chi connectivity index (χ2v) is 6.36. The van der Waals surface area contributed by atoms with Crippen LogP contribution in [0.4, 0.5) is 0 Å². The molecule has 5 heteroatoms. The van der Waals surface area contributed by atoms with Crippen LogP contribution in [0, 0.1) is 6.92 Å². The van der Waals surface area contributed by atoms with Gasteiger partial charge in [0, 0.05) is 17.6 Å². The molecule has 0 amide bonds. The number of ether oxygens (including phenoxy) is 1. The summed E-state index contributed by atoms with van der Waals surface area (Å²) in [6.07, 6.45) is 0.287. The van der Waals surface area contributed by atoms with Crippen molar-refractivity contribution < 1.29 is 9.53 Å². The Bertz CT molecular complexity index is 612. The zero-order valence-electron chi connectivity index (χ0n) is 13.3. The lowest BCUT2D eigenvalue weighted by Gasteiger charge is -2.30. The minimum atomic E-state index is -0.479. The summed E-state index contributed by atoms with van der Waals surface area (Å²) >= 11 is 1.62. The fraction of sp³-hybridized carbons (Fsp3) is 0.412. The van der Waals surface area contributed by atoms with Gasteiger partial charge in [-0.15, -0.1) is 11.3 Å². The monoisotopic (exact) mass is 318 g/mol. The molecule has 2 rings (SSSR count). The third kappa shape index (κ3) is 4.39. The minimum absolute atomic E-state index is 0.198. The summed E-state index contributed by atoms with van der Waals surface area (Å²) in [5.74, 6) is -0.198. The summed E-state index contributed by atoms with van der Waals surface area (Å²) in [5, 5.41) is 6.53. The van der Waals surface area contributed by atoms with E-state index in [1.807, 2.05) is 56.5 Å². The van der Waals surface area contributed by atoms with Gasteiger partial charge in [0.2, 0.25) is 0 Å². The summed E-state index contributed by atoms with van der Waals surface area (Å²) in [5.41, 5.74) is 1.61. The lowest BCUT2D eigenvalue weighted by Crippen LogP contribution is -2.41. The van der Waals surface area contributed by atoms with Gasteiger partial charge in [0.15, 0.2) is 0 Å². The van der Waals surface area contributed by atoms with Crippen molar-refractivity contribution >= 4 is 17.3 Å². The van der Waals surface area contributed by atoms with Crippen molar-refractivity contribution in [1.29, 1.82) is 0 Å². The molecule has 4 nitrogen and oxygen atoms in total. The van der Waals surface area contributed by atoms with E-state index in [9.17, 15) is 4.79 Å². The molecule has 0 bridgehead atoms. The molecule has 0 saturated heterocycles. The molecule has 1 aromatic heterocycles. The van der Waals surface area contributed by atoms with Gasteiger partial charge in [-0.25, -0.2) is 4.98 Å². The molecule has 0 fully saturated rings. The van der Waals surface area contributed by atoms with E-state index in [2.05, 4.69) is 10.3 Å². The van der Waals surface area contributed by atoms with E-state index in [1.54, 1.807) is 11.3 Å². The number of aryl methyl sites for hydroxylation is 1. The number of nitrogens with one attached hydrogen (secondary N) is 1. The molecule has 1 heterocycles. The van der Waals surface area contributed by atoms with Crippen molar-refractivity contribution in [1.82, 2.24) is 10.3 Å². The zero-order valence-corrected chi connectivity index (χ0v) is 14.1. The average molecular weight is 318 g/mol. The Morgan fingerprint density at radius 1 is 1.36 bits per heavy atom. The molecule has 0 aliphatic heterocycles. The summed E-state index contributed by atoms with van der Waals surface area (Å²) in [6.45, 7) is 6.86. The van der Waals surface area contributed by atoms with Gasteiger partial charge in [0.1, 0.15) is 5.01 Å². The quantitative estimate of drug-likeness (QED) is 0.795. The van der Waals surface area contributed by atoms with Gasteiger partial charge in [-0.1, -0.05) is 30.3 Å². The van der Waals surface area contributed by atoms with E-state index < -0.39 is 5.54 Å². The van der Waals surface area contributed by atoms with Crippen LogP contribution in [0.5, 0.6) is 0 Å². The van der Waals surface area contributed by atoms with Gasteiger partial charge in [0.05, 0.1) is 18.6 Å². The Morgan fingerprint density at radius 2 is 2.09 bits per heavy atom. The van der Waals surface area contributed by atoms with Gasteiger partial charge in [-0.2, -0.15) is 0 Å². The molecule has 0 aliphatic rings. The molecule has 0 radical (unpaired) electrons. The topological polar surface area (TPSA) is 51.2 Å². The Morgan fingerprint density at radius 3 is 2.68 bits per heavy atom. The Kier molecular flexibility index (Phi) is 5.69. The minimum Gasteiger partial charge on any atom is -0.466 e. The van der Waals surface area contributed by atoms with E-state index in [4.69, 9.17) is 4.74 Å². The van der Waals surface area contributed by atoms with E-state index in [0.29, 0.717) is 13.2 Å². The number of benzene rings is 1. The van der Waals surface area contributed by atoms with Crippen molar-refractivity contribution in [2.24, 2.45) is 0 Å². The first kappa shape index (κ1) is 16.6. The maximum Gasteiger partial charge on any atom is 0.307 e. The highest BCUT2D eigenvalue weighted by Crippen LogP contribution is 2.26. The van der Waals surface area contributed by atoms with E-state index >= 15 is 0 Å². The van der Waals surface area contributed by atoms with Gasteiger partial charge >= 0.3 is 5.97 Å². The van der Waals surface area contributed by atoms with Crippen molar-refractivity contribution in [2.75, 3.05) is 6.61 Å². The number of hydrogen-bond acceptors (Lipinski definition) is 5. The first-order chi connectivity index (χ1) is 10.5. The van der Waals surface area contributed by atoms with Crippen LogP contribution in [0.2, 0.25) is 0 Å². The first-order valence-corrected chi connectivity index (χ1v) is 8.28. The van der Waals surface area contributed by atoms with Crippen molar-refractivity contribution in [3.05, 3.63) is 52.0 Å². The molecule has 1 aromatic carbocycles. The van der Waals surface area contributed by atoms with Crippen LogP contribution < -0.4 is 5.32 Å². The van der Waals surface area contributed by atoms with E-state index in [1.165, 1.54) is 0 Å². The molecule has 1 unspecified atom stereocenters. The van der Waals surface area contributed by atoms with Crippen LogP contribution in [0.25, 0.3) is 0 Å². The fourth-order valence-corrected chi connectivity index (χ4v) is 3.04. The maximum atomic E-state index is 12.0. The van der Waals surface area contributed by atoms with Crippen molar-refractivity contribution in [2.45, 2.75) is 39.3 Å². The highest BCUT2D eigenvalue weighted by atomic mass is 32.1. The largest absolute Gasteiger partial charge is 0.466 e. The van der Waals surface area contributed by atoms with Gasteiger partial charge < -0.3 is 10.1 Å². The van der Waals surface area contributed by atoms with Crippen LogP contribution in [-0.2, 0) is 21.6 Å². The number of esters is 1. The zero-order chi connectivity index (χ0) is 16.0. The van der Waals surface area contributed by atoms with Crippen LogP contribution >= 0.6 is 11.3 Å². The lowest BCUT2D eigenvalue weighted by molar-refractivity contribution is -0.144. The number of carbonyl (C=O) groups excluding carboxylic acids is 1. The van der Waals surface area contributed by atoms with Gasteiger partial charge in [-0.3, -0.25) is 4.79 Å². The summed E-state index contributed by atoms with van der Waals surface area (Å²) < 4.78 is 5.12. The van der Waals surface area contributed by atoms with Crippen LogP contribution in [0.3, 0.4) is 0 Å². The molecule has 22 heavy (non-hydrogen) atoms. The van der Waals surface area contributed by atoms with Gasteiger partial charge in [0.25, 0.3) is 0 Å². The molecule has 1 atom stereocenters.